The molecule has 2 saturated heterocycles. The summed E-state index contributed by atoms with van der Waals surface area (Å²) in [4.78, 5) is 18.7. The molecule has 22 heavy (non-hydrogen) atoms. The van der Waals surface area contributed by atoms with Crippen molar-refractivity contribution in [2.45, 2.75) is 37.5 Å². The maximum Gasteiger partial charge on any atom is 0.253 e. The summed E-state index contributed by atoms with van der Waals surface area (Å²) >= 11 is 5.89. The van der Waals surface area contributed by atoms with Crippen LogP contribution < -0.4 is 5.32 Å². The lowest BCUT2D eigenvalue weighted by Crippen LogP contribution is -2.47. The van der Waals surface area contributed by atoms with Crippen LogP contribution in [0.1, 0.15) is 29.6 Å². The fourth-order valence-electron chi connectivity index (χ4n) is 3.56. The summed E-state index contributed by atoms with van der Waals surface area (Å²) in [5, 5.41) is 3.59. The van der Waals surface area contributed by atoms with Crippen molar-refractivity contribution in [3.63, 3.8) is 0 Å². The van der Waals surface area contributed by atoms with Gasteiger partial charge in [-0.15, -0.1) is 0 Å². The second kappa shape index (κ2) is 5.80. The Hall–Kier alpha value is -1.17. The van der Waals surface area contributed by atoms with Gasteiger partial charge in [0.25, 0.3) is 5.91 Å². The average molecular weight is 322 g/mol. The Morgan fingerprint density at radius 2 is 2.23 bits per heavy atom. The number of nitrogens with zero attached hydrogens (tertiary/aromatic N) is 2. The monoisotopic (exact) mass is 321 g/mol. The zero-order valence-electron chi connectivity index (χ0n) is 12.4. The zero-order chi connectivity index (χ0) is 15.1. The molecule has 3 fully saturated rings. The number of hydrogen-bond acceptors (Lipinski definition) is 4. The predicted molar refractivity (Wildman–Crippen MR) is 82.9 cm³/mol. The molecule has 4 rings (SSSR count). The number of amides is 1. The molecule has 1 aromatic rings. The van der Waals surface area contributed by atoms with Crippen molar-refractivity contribution in [3.8, 4) is 0 Å². The summed E-state index contributed by atoms with van der Waals surface area (Å²) in [6.07, 6.45) is 7.06. The first kappa shape index (κ1) is 14.4. The molecule has 0 radical (unpaired) electrons. The number of aromatic nitrogens is 1. The van der Waals surface area contributed by atoms with E-state index in [1.807, 2.05) is 0 Å². The van der Waals surface area contributed by atoms with E-state index in [9.17, 15) is 4.79 Å². The molecule has 1 aliphatic carbocycles. The summed E-state index contributed by atoms with van der Waals surface area (Å²) < 4.78 is 5.99. The molecule has 5 nitrogen and oxygen atoms in total. The molecular formula is C16H20ClN3O2. The highest BCUT2D eigenvalue weighted by molar-refractivity contribution is 6.30. The molecule has 3 aliphatic rings. The van der Waals surface area contributed by atoms with Gasteiger partial charge in [0.1, 0.15) is 0 Å². The quantitative estimate of drug-likeness (QED) is 0.921. The molecule has 118 valence electrons. The Morgan fingerprint density at radius 3 is 3.00 bits per heavy atom. The van der Waals surface area contributed by atoms with Crippen LogP contribution in [0.2, 0.25) is 5.02 Å². The number of rotatable bonds is 3. The van der Waals surface area contributed by atoms with Crippen LogP contribution in [0, 0.1) is 5.92 Å². The van der Waals surface area contributed by atoms with Crippen molar-refractivity contribution in [2.75, 3.05) is 19.7 Å². The third-order valence-corrected chi connectivity index (χ3v) is 5.10. The second-order valence-electron chi connectivity index (χ2n) is 6.61. The molecule has 0 aromatic carbocycles. The molecule has 3 heterocycles. The molecule has 2 aliphatic heterocycles. The maximum absolute atomic E-state index is 12.3. The van der Waals surface area contributed by atoms with E-state index in [0.29, 0.717) is 22.7 Å². The number of nitrogens with one attached hydrogen (secondary N) is 1. The van der Waals surface area contributed by atoms with Gasteiger partial charge >= 0.3 is 0 Å². The summed E-state index contributed by atoms with van der Waals surface area (Å²) in [7, 11) is 0. The lowest BCUT2D eigenvalue weighted by atomic mass is 10.1. The van der Waals surface area contributed by atoms with Crippen LogP contribution >= 0.6 is 11.6 Å². The SMILES string of the molecule is O=C(N[C@@H]1C[C@H]2CO[C@@H](C3CC3)CN2C1)c1cncc(Cl)c1. The van der Waals surface area contributed by atoms with Gasteiger partial charge < -0.3 is 10.1 Å². The van der Waals surface area contributed by atoms with E-state index in [0.717, 1.165) is 32.0 Å². The highest BCUT2D eigenvalue weighted by Crippen LogP contribution is 2.37. The molecule has 0 bridgehead atoms. The van der Waals surface area contributed by atoms with E-state index in [1.54, 1.807) is 12.3 Å². The Balaban J connectivity index is 1.35. The maximum atomic E-state index is 12.3. The number of hydrogen-bond donors (Lipinski definition) is 1. The van der Waals surface area contributed by atoms with E-state index < -0.39 is 0 Å². The van der Waals surface area contributed by atoms with Gasteiger partial charge in [0.15, 0.2) is 0 Å². The number of morpholine rings is 1. The number of carbonyl (C=O) groups is 1. The van der Waals surface area contributed by atoms with Gasteiger partial charge in [0.05, 0.1) is 23.3 Å². The fourth-order valence-corrected chi connectivity index (χ4v) is 3.74. The molecule has 3 atom stereocenters. The lowest BCUT2D eigenvalue weighted by Gasteiger charge is -2.35. The third-order valence-electron chi connectivity index (χ3n) is 4.90. The van der Waals surface area contributed by atoms with E-state index >= 15 is 0 Å². The predicted octanol–water partition coefficient (Wildman–Crippen LogP) is 1.72. The van der Waals surface area contributed by atoms with Crippen LogP contribution in [-0.4, -0.2) is 53.7 Å². The highest BCUT2D eigenvalue weighted by Gasteiger charge is 2.42. The van der Waals surface area contributed by atoms with Gasteiger partial charge in [-0.25, -0.2) is 0 Å². The van der Waals surface area contributed by atoms with E-state index in [-0.39, 0.29) is 11.9 Å². The molecule has 1 N–H and O–H groups in total. The number of halogens is 1. The van der Waals surface area contributed by atoms with Crippen LogP contribution in [-0.2, 0) is 4.74 Å². The minimum absolute atomic E-state index is 0.0977. The van der Waals surface area contributed by atoms with Gasteiger partial charge in [-0.3, -0.25) is 14.7 Å². The summed E-state index contributed by atoms with van der Waals surface area (Å²) in [5.74, 6) is 0.673. The second-order valence-corrected chi connectivity index (χ2v) is 7.05. The van der Waals surface area contributed by atoms with E-state index in [2.05, 4.69) is 15.2 Å². The summed E-state index contributed by atoms with van der Waals surface area (Å²) in [5.41, 5.74) is 0.518. The zero-order valence-corrected chi connectivity index (χ0v) is 13.1. The van der Waals surface area contributed by atoms with Gasteiger partial charge in [-0.05, 0) is 31.2 Å². The van der Waals surface area contributed by atoms with Crippen molar-refractivity contribution < 1.29 is 9.53 Å². The Labute approximate surface area is 135 Å². The van der Waals surface area contributed by atoms with Gasteiger partial charge in [-0.1, -0.05) is 11.6 Å². The number of carbonyl (C=O) groups excluding carboxylic acids is 1. The van der Waals surface area contributed by atoms with Crippen molar-refractivity contribution in [2.24, 2.45) is 5.92 Å². The van der Waals surface area contributed by atoms with Crippen LogP contribution in [0.25, 0.3) is 0 Å². The molecule has 0 unspecified atom stereocenters. The molecule has 1 saturated carbocycles. The van der Waals surface area contributed by atoms with Gasteiger partial charge in [0.2, 0.25) is 0 Å². The smallest absolute Gasteiger partial charge is 0.253 e. The van der Waals surface area contributed by atoms with Crippen LogP contribution in [0.4, 0.5) is 0 Å². The van der Waals surface area contributed by atoms with Crippen molar-refractivity contribution >= 4 is 17.5 Å². The number of ether oxygens (including phenoxy) is 1. The molecule has 6 heteroatoms. The fraction of sp³-hybridized carbons (Fsp3) is 0.625. The molecular weight excluding hydrogens is 302 g/mol. The molecule has 1 aromatic heterocycles. The lowest BCUT2D eigenvalue weighted by molar-refractivity contribution is -0.0581. The van der Waals surface area contributed by atoms with Crippen LogP contribution in [0.3, 0.4) is 0 Å². The molecule has 0 spiro atoms. The molecule has 1 amide bonds. The van der Waals surface area contributed by atoms with Crippen molar-refractivity contribution in [3.05, 3.63) is 29.0 Å². The first-order valence-electron chi connectivity index (χ1n) is 7.96. The number of fused-ring (bicyclic) bond motifs is 1. The van der Waals surface area contributed by atoms with E-state index in [4.69, 9.17) is 16.3 Å². The Morgan fingerprint density at radius 1 is 1.36 bits per heavy atom. The Bertz CT molecular complexity index is 578. The van der Waals surface area contributed by atoms with E-state index in [1.165, 1.54) is 19.0 Å². The first-order chi connectivity index (χ1) is 10.7. The third kappa shape index (κ3) is 2.98. The number of pyridine rings is 1. The minimum Gasteiger partial charge on any atom is -0.375 e. The van der Waals surface area contributed by atoms with Gasteiger partial charge in [0, 0.05) is 37.6 Å². The van der Waals surface area contributed by atoms with Crippen LogP contribution in [0.5, 0.6) is 0 Å². The van der Waals surface area contributed by atoms with Crippen molar-refractivity contribution in [1.29, 1.82) is 0 Å². The highest BCUT2D eigenvalue weighted by atomic mass is 35.5. The standard InChI is InChI=1S/C16H20ClN3O2/c17-12-3-11(5-18-6-12)16(21)19-13-4-14-9-22-15(10-1-2-10)8-20(14)7-13/h3,5-6,10,13-15H,1-2,4,7-9H2,(H,19,21)/t13-,14+,15-/m1/s1. The first-order valence-corrected chi connectivity index (χ1v) is 8.34. The van der Waals surface area contributed by atoms with Crippen molar-refractivity contribution in [1.82, 2.24) is 15.2 Å². The van der Waals surface area contributed by atoms with Gasteiger partial charge in [-0.2, -0.15) is 0 Å². The Kier molecular flexibility index (Phi) is 3.80. The normalized spacial score (nSPS) is 31.8. The topological polar surface area (TPSA) is 54.5 Å². The largest absolute Gasteiger partial charge is 0.375 e. The van der Waals surface area contributed by atoms with Crippen LogP contribution in [0.15, 0.2) is 18.5 Å². The minimum atomic E-state index is -0.0977. The summed E-state index contributed by atoms with van der Waals surface area (Å²) in [6, 6.07) is 2.27. The average Bonchev–Trinajstić information content (AvgIpc) is 3.27. The summed E-state index contributed by atoms with van der Waals surface area (Å²) in [6.45, 7) is 2.73.